The summed E-state index contributed by atoms with van der Waals surface area (Å²) in [5.41, 5.74) is 6.29. The van der Waals surface area contributed by atoms with E-state index in [1.54, 1.807) is 25.2 Å². The highest BCUT2D eigenvalue weighted by atomic mass is 19.1. The Labute approximate surface area is 117 Å². The molecule has 1 heterocycles. The fourth-order valence-electron chi connectivity index (χ4n) is 1.98. The maximum atomic E-state index is 13.8. The Kier molecular flexibility index (Phi) is 4.02. The molecule has 1 unspecified atom stereocenters. The van der Waals surface area contributed by atoms with Crippen molar-refractivity contribution >= 4 is 17.6 Å². The first-order chi connectivity index (χ1) is 9.52. The van der Waals surface area contributed by atoms with Crippen LogP contribution < -0.4 is 16.0 Å². The second-order valence-corrected chi connectivity index (χ2v) is 4.53. The van der Waals surface area contributed by atoms with Crippen molar-refractivity contribution in [2.45, 2.75) is 13.0 Å². The summed E-state index contributed by atoms with van der Waals surface area (Å²) in [6, 6.07) is 8.31. The molecule has 0 amide bonds. The first-order valence-electron chi connectivity index (χ1n) is 6.32. The van der Waals surface area contributed by atoms with E-state index in [1.807, 2.05) is 24.9 Å². The third-order valence-electron chi connectivity index (χ3n) is 3.28. The summed E-state index contributed by atoms with van der Waals surface area (Å²) in [6.45, 7) is 1.91. The largest absolute Gasteiger partial charge is 0.373 e. The molecule has 20 heavy (non-hydrogen) atoms. The molecule has 2 aromatic rings. The van der Waals surface area contributed by atoms with E-state index in [9.17, 15) is 4.39 Å². The van der Waals surface area contributed by atoms with Crippen molar-refractivity contribution in [1.29, 1.82) is 0 Å². The smallest absolute Gasteiger partial charge is 0.223 e. The van der Waals surface area contributed by atoms with Gasteiger partial charge in [-0.2, -0.15) is 9.97 Å². The van der Waals surface area contributed by atoms with Crippen LogP contribution in [0.2, 0.25) is 0 Å². The molecule has 106 valence electrons. The van der Waals surface area contributed by atoms with E-state index >= 15 is 0 Å². The van der Waals surface area contributed by atoms with Crippen molar-refractivity contribution in [3.8, 4) is 0 Å². The molecule has 5 nitrogen and oxygen atoms in total. The lowest BCUT2D eigenvalue weighted by molar-refractivity contribution is 0.584. The highest BCUT2D eigenvalue weighted by Crippen LogP contribution is 2.27. The van der Waals surface area contributed by atoms with Crippen LogP contribution in [0.4, 0.5) is 22.0 Å². The monoisotopic (exact) mass is 275 g/mol. The van der Waals surface area contributed by atoms with Crippen molar-refractivity contribution in [1.82, 2.24) is 9.97 Å². The second kappa shape index (κ2) is 5.73. The minimum Gasteiger partial charge on any atom is -0.373 e. The van der Waals surface area contributed by atoms with Gasteiger partial charge < -0.3 is 16.0 Å². The third-order valence-corrected chi connectivity index (χ3v) is 3.28. The summed E-state index contributed by atoms with van der Waals surface area (Å²) in [4.78, 5) is 10.1. The number of nitrogens with one attached hydrogen (secondary N) is 1. The molecular weight excluding hydrogens is 257 g/mol. The molecule has 0 aliphatic carbocycles. The molecule has 0 spiro atoms. The molecule has 1 aromatic heterocycles. The van der Waals surface area contributed by atoms with Gasteiger partial charge in [-0.3, -0.25) is 0 Å². The first-order valence-corrected chi connectivity index (χ1v) is 6.32. The predicted molar refractivity (Wildman–Crippen MR) is 79.2 cm³/mol. The van der Waals surface area contributed by atoms with Gasteiger partial charge >= 0.3 is 0 Å². The van der Waals surface area contributed by atoms with Crippen LogP contribution in [-0.4, -0.2) is 24.1 Å². The first kappa shape index (κ1) is 14.0. The molecule has 6 heteroatoms. The summed E-state index contributed by atoms with van der Waals surface area (Å²) in [5.74, 6) is 1.21. The number of nitrogen functional groups attached to an aromatic ring is 1. The van der Waals surface area contributed by atoms with E-state index in [4.69, 9.17) is 5.73 Å². The van der Waals surface area contributed by atoms with Gasteiger partial charge in [-0.15, -0.1) is 0 Å². The van der Waals surface area contributed by atoms with Gasteiger partial charge in [0, 0.05) is 25.7 Å². The number of nitrogens with zero attached hydrogens (tertiary/aromatic N) is 3. The molecule has 2 rings (SSSR count). The van der Waals surface area contributed by atoms with Crippen molar-refractivity contribution < 1.29 is 4.39 Å². The number of hydrogen-bond donors (Lipinski definition) is 2. The Balaban J connectivity index is 2.33. The van der Waals surface area contributed by atoms with Gasteiger partial charge in [-0.1, -0.05) is 18.2 Å². The van der Waals surface area contributed by atoms with Gasteiger partial charge in [0.15, 0.2) is 0 Å². The molecule has 0 saturated carbocycles. The van der Waals surface area contributed by atoms with Crippen LogP contribution in [0.25, 0.3) is 0 Å². The van der Waals surface area contributed by atoms with Crippen LogP contribution in [0.5, 0.6) is 0 Å². The van der Waals surface area contributed by atoms with Gasteiger partial charge in [-0.25, -0.2) is 4.39 Å². The molecule has 0 fully saturated rings. The molecule has 0 radical (unpaired) electrons. The summed E-state index contributed by atoms with van der Waals surface area (Å²) in [5, 5.41) is 2.92. The van der Waals surface area contributed by atoms with Crippen molar-refractivity contribution in [2.24, 2.45) is 0 Å². The quantitative estimate of drug-likeness (QED) is 0.897. The van der Waals surface area contributed by atoms with E-state index in [2.05, 4.69) is 15.3 Å². The van der Waals surface area contributed by atoms with Gasteiger partial charge in [0.05, 0.1) is 6.04 Å². The highest BCUT2D eigenvalue weighted by molar-refractivity contribution is 5.53. The zero-order valence-corrected chi connectivity index (χ0v) is 11.8. The highest BCUT2D eigenvalue weighted by Gasteiger charge is 2.17. The Bertz CT molecular complexity index is 602. The van der Waals surface area contributed by atoms with Gasteiger partial charge in [0.1, 0.15) is 17.5 Å². The van der Waals surface area contributed by atoms with E-state index in [0.29, 0.717) is 17.2 Å². The molecule has 3 N–H and O–H groups in total. The van der Waals surface area contributed by atoms with Crippen molar-refractivity contribution in [3.63, 3.8) is 0 Å². The number of hydrogen-bond acceptors (Lipinski definition) is 5. The Morgan fingerprint density at radius 1 is 1.30 bits per heavy atom. The van der Waals surface area contributed by atoms with Crippen molar-refractivity contribution in [3.05, 3.63) is 41.7 Å². The van der Waals surface area contributed by atoms with Crippen LogP contribution >= 0.6 is 0 Å². The maximum Gasteiger partial charge on any atom is 0.223 e. The van der Waals surface area contributed by atoms with Crippen molar-refractivity contribution in [2.75, 3.05) is 30.0 Å². The topological polar surface area (TPSA) is 67.1 Å². The number of nitrogens with two attached hydrogens (primary N) is 1. The van der Waals surface area contributed by atoms with Crippen LogP contribution in [0, 0.1) is 5.82 Å². The number of aromatic nitrogens is 2. The summed E-state index contributed by atoms with van der Waals surface area (Å²) < 4.78 is 13.8. The van der Waals surface area contributed by atoms with E-state index in [1.165, 1.54) is 6.07 Å². The Morgan fingerprint density at radius 3 is 2.65 bits per heavy atom. The zero-order valence-electron chi connectivity index (χ0n) is 11.8. The van der Waals surface area contributed by atoms with E-state index in [-0.39, 0.29) is 17.8 Å². The predicted octanol–water partition coefficient (Wildman–Crippen LogP) is 2.44. The fraction of sp³-hybridized carbons (Fsp3) is 0.286. The molecule has 0 aliphatic rings. The minimum absolute atomic E-state index is 0.171. The molecular formula is C14H18FN5. The van der Waals surface area contributed by atoms with Crippen LogP contribution in [-0.2, 0) is 0 Å². The van der Waals surface area contributed by atoms with Crippen LogP contribution in [0.15, 0.2) is 30.3 Å². The zero-order chi connectivity index (χ0) is 14.7. The molecule has 0 bridgehead atoms. The van der Waals surface area contributed by atoms with Crippen LogP contribution in [0.1, 0.15) is 18.5 Å². The second-order valence-electron chi connectivity index (χ2n) is 4.53. The minimum atomic E-state index is -0.234. The standard InChI is InChI=1S/C14H18FN5/c1-9(10-6-4-5-7-11(10)15)20(3)13-8-12(17-2)18-14(16)19-13/h4-9H,1-3H3,(H3,16,17,18,19). The SMILES string of the molecule is CNc1cc(N(C)C(C)c2ccccc2F)nc(N)n1. The molecule has 1 atom stereocenters. The molecule has 0 saturated heterocycles. The molecule has 0 aliphatic heterocycles. The van der Waals surface area contributed by atoms with Gasteiger partial charge in [0.2, 0.25) is 5.95 Å². The third kappa shape index (κ3) is 2.79. The van der Waals surface area contributed by atoms with Gasteiger partial charge in [0.25, 0.3) is 0 Å². The van der Waals surface area contributed by atoms with Gasteiger partial charge in [-0.05, 0) is 13.0 Å². The average Bonchev–Trinajstić information content (AvgIpc) is 2.45. The molecule has 1 aromatic carbocycles. The normalized spacial score (nSPS) is 12.0. The lowest BCUT2D eigenvalue weighted by atomic mass is 10.1. The summed E-state index contributed by atoms with van der Waals surface area (Å²) >= 11 is 0. The Hall–Kier alpha value is -2.37. The number of anilines is 3. The fourth-order valence-corrected chi connectivity index (χ4v) is 1.98. The maximum absolute atomic E-state index is 13.8. The summed E-state index contributed by atoms with van der Waals surface area (Å²) in [6.07, 6.45) is 0. The van der Waals surface area contributed by atoms with Crippen LogP contribution in [0.3, 0.4) is 0 Å². The lowest BCUT2D eigenvalue weighted by Gasteiger charge is -2.27. The van der Waals surface area contributed by atoms with E-state index < -0.39 is 0 Å². The Morgan fingerprint density at radius 2 is 2.00 bits per heavy atom. The lowest BCUT2D eigenvalue weighted by Crippen LogP contribution is -2.24. The number of halogens is 1. The number of benzene rings is 1. The summed E-state index contributed by atoms with van der Waals surface area (Å²) in [7, 11) is 3.60. The van der Waals surface area contributed by atoms with E-state index in [0.717, 1.165) is 0 Å². The number of rotatable bonds is 4. The average molecular weight is 275 g/mol.